The van der Waals surface area contributed by atoms with Crippen LogP contribution in [-0.2, 0) is 15.1 Å². The van der Waals surface area contributed by atoms with E-state index in [4.69, 9.17) is 4.74 Å². The summed E-state index contributed by atoms with van der Waals surface area (Å²) in [5.41, 5.74) is 0.0399. The standard InChI is InChI=1S/C19H28NO3/c1-15-7-6-8-16(13-15)19(2,22)18(21)23-17-9-12-20(14-17)10-4-3-5-11-20/h6-8,13,17,22H,3-5,9-12,14H2,1-2H3/q+1. The molecule has 2 fully saturated rings. The molecular formula is C19H28NO3+. The van der Waals surface area contributed by atoms with Gasteiger partial charge < -0.3 is 14.3 Å². The van der Waals surface area contributed by atoms with E-state index in [2.05, 4.69) is 0 Å². The Bertz CT molecular complexity index is 576. The number of ether oxygens (including phenoxy) is 1. The number of nitrogens with zero attached hydrogens (tertiary/aromatic N) is 1. The minimum Gasteiger partial charge on any atom is -0.454 e. The number of carbonyl (C=O) groups excluding carboxylic acids is 1. The molecule has 2 saturated heterocycles. The minimum absolute atomic E-state index is 0.0584. The third-order valence-electron chi connectivity index (χ3n) is 5.53. The van der Waals surface area contributed by atoms with Crippen molar-refractivity contribution < 1.29 is 19.1 Å². The number of aliphatic hydroxyl groups is 1. The first-order chi connectivity index (χ1) is 10.9. The maximum Gasteiger partial charge on any atom is 0.343 e. The zero-order chi connectivity index (χ0) is 16.5. The first kappa shape index (κ1) is 16.5. The van der Waals surface area contributed by atoms with Crippen LogP contribution in [0.1, 0.15) is 43.7 Å². The van der Waals surface area contributed by atoms with Gasteiger partial charge in [-0.1, -0.05) is 29.8 Å². The normalized spacial score (nSPS) is 26.0. The first-order valence-electron chi connectivity index (χ1n) is 8.77. The SMILES string of the molecule is Cc1cccc(C(C)(O)C(=O)OC2CC[N+]3(CCCCC3)C2)c1. The monoisotopic (exact) mass is 318 g/mol. The van der Waals surface area contributed by atoms with Crippen molar-refractivity contribution in [2.75, 3.05) is 26.2 Å². The highest BCUT2D eigenvalue weighted by Gasteiger charge is 2.43. The molecule has 23 heavy (non-hydrogen) atoms. The number of benzene rings is 1. The van der Waals surface area contributed by atoms with Crippen molar-refractivity contribution >= 4 is 5.97 Å². The van der Waals surface area contributed by atoms with Gasteiger partial charge in [0.05, 0.1) is 19.6 Å². The largest absolute Gasteiger partial charge is 0.454 e. The van der Waals surface area contributed by atoms with Crippen LogP contribution in [0.15, 0.2) is 24.3 Å². The summed E-state index contributed by atoms with van der Waals surface area (Å²) in [4.78, 5) is 12.5. The Labute approximate surface area is 138 Å². The van der Waals surface area contributed by atoms with Crippen molar-refractivity contribution in [3.63, 3.8) is 0 Å². The van der Waals surface area contributed by atoms with Crippen LogP contribution in [0.2, 0.25) is 0 Å². The number of rotatable bonds is 3. The molecule has 2 aliphatic rings. The first-order valence-corrected chi connectivity index (χ1v) is 8.77. The topological polar surface area (TPSA) is 46.5 Å². The molecule has 3 rings (SSSR count). The van der Waals surface area contributed by atoms with Gasteiger partial charge >= 0.3 is 5.97 Å². The van der Waals surface area contributed by atoms with Crippen LogP contribution in [0.3, 0.4) is 0 Å². The van der Waals surface area contributed by atoms with Crippen molar-refractivity contribution in [2.24, 2.45) is 0 Å². The van der Waals surface area contributed by atoms with E-state index < -0.39 is 11.6 Å². The molecule has 2 aliphatic heterocycles. The predicted molar refractivity (Wildman–Crippen MR) is 88.8 cm³/mol. The van der Waals surface area contributed by atoms with E-state index in [9.17, 15) is 9.90 Å². The molecule has 1 spiro atoms. The van der Waals surface area contributed by atoms with Crippen LogP contribution in [0, 0.1) is 6.92 Å². The lowest BCUT2D eigenvalue weighted by molar-refractivity contribution is -0.922. The average molecular weight is 318 g/mol. The average Bonchev–Trinajstić information content (AvgIpc) is 2.90. The lowest BCUT2D eigenvalue weighted by Gasteiger charge is -2.37. The van der Waals surface area contributed by atoms with Crippen molar-refractivity contribution in [1.29, 1.82) is 0 Å². The number of esters is 1. The van der Waals surface area contributed by atoms with Crippen LogP contribution in [0.25, 0.3) is 0 Å². The molecule has 0 saturated carbocycles. The highest BCUT2D eigenvalue weighted by molar-refractivity contribution is 5.80. The van der Waals surface area contributed by atoms with Crippen molar-refractivity contribution in [1.82, 2.24) is 0 Å². The Balaban J connectivity index is 1.65. The molecule has 0 radical (unpaired) electrons. The third kappa shape index (κ3) is 3.43. The Morgan fingerprint density at radius 1 is 1.26 bits per heavy atom. The second-order valence-electron chi connectivity index (χ2n) is 7.51. The zero-order valence-corrected chi connectivity index (χ0v) is 14.3. The Kier molecular flexibility index (Phi) is 4.47. The second-order valence-corrected chi connectivity index (χ2v) is 7.51. The molecule has 0 bridgehead atoms. The third-order valence-corrected chi connectivity index (χ3v) is 5.53. The van der Waals surface area contributed by atoms with Gasteiger partial charge in [-0.15, -0.1) is 0 Å². The number of piperidine rings is 1. The number of carbonyl (C=O) groups is 1. The van der Waals surface area contributed by atoms with Gasteiger partial charge in [0, 0.05) is 6.42 Å². The summed E-state index contributed by atoms with van der Waals surface area (Å²) in [7, 11) is 0. The smallest absolute Gasteiger partial charge is 0.343 e. The second kappa shape index (κ2) is 6.25. The van der Waals surface area contributed by atoms with Crippen LogP contribution < -0.4 is 0 Å². The Morgan fingerprint density at radius 3 is 2.70 bits per heavy atom. The van der Waals surface area contributed by atoms with E-state index in [0.29, 0.717) is 5.56 Å². The molecule has 126 valence electrons. The van der Waals surface area contributed by atoms with Gasteiger partial charge in [0.25, 0.3) is 0 Å². The molecule has 0 aliphatic carbocycles. The molecule has 4 heteroatoms. The van der Waals surface area contributed by atoms with E-state index in [1.807, 2.05) is 25.1 Å². The molecular weight excluding hydrogens is 290 g/mol. The molecule has 0 aromatic heterocycles. The summed E-state index contributed by atoms with van der Waals surface area (Å²) in [6.07, 6.45) is 4.74. The van der Waals surface area contributed by atoms with E-state index in [1.165, 1.54) is 39.3 Å². The molecule has 2 heterocycles. The maximum absolute atomic E-state index is 12.5. The summed E-state index contributed by atoms with van der Waals surface area (Å²) >= 11 is 0. The maximum atomic E-state index is 12.5. The molecule has 1 aromatic rings. The fraction of sp³-hybridized carbons (Fsp3) is 0.632. The van der Waals surface area contributed by atoms with Crippen LogP contribution in [0.5, 0.6) is 0 Å². The van der Waals surface area contributed by atoms with Crippen molar-refractivity contribution in [3.8, 4) is 0 Å². The van der Waals surface area contributed by atoms with Crippen molar-refractivity contribution in [2.45, 2.75) is 51.2 Å². The molecule has 1 N–H and O–H groups in total. The van der Waals surface area contributed by atoms with Gasteiger partial charge in [0.1, 0.15) is 6.54 Å². The highest BCUT2D eigenvalue weighted by Crippen LogP contribution is 2.30. The Morgan fingerprint density at radius 2 is 2.00 bits per heavy atom. The fourth-order valence-corrected chi connectivity index (χ4v) is 4.05. The van der Waals surface area contributed by atoms with Crippen LogP contribution in [0.4, 0.5) is 0 Å². The van der Waals surface area contributed by atoms with E-state index >= 15 is 0 Å². The molecule has 1 aromatic carbocycles. The van der Waals surface area contributed by atoms with E-state index in [-0.39, 0.29) is 6.10 Å². The summed E-state index contributed by atoms with van der Waals surface area (Å²) < 4.78 is 6.80. The van der Waals surface area contributed by atoms with Gasteiger partial charge in [-0.05, 0) is 38.7 Å². The lowest BCUT2D eigenvalue weighted by atomic mass is 9.95. The zero-order valence-electron chi connectivity index (χ0n) is 14.3. The Hall–Kier alpha value is -1.39. The number of hydrogen-bond acceptors (Lipinski definition) is 3. The van der Waals surface area contributed by atoms with Crippen LogP contribution >= 0.6 is 0 Å². The predicted octanol–water partition coefficient (Wildman–Crippen LogP) is 2.52. The number of quaternary nitrogens is 1. The van der Waals surface area contributed by atoms with Gasteiger partial charge in [0.15, 0.2) is 11.7 Å². The summed E-state index contributed by atoms with van der Waals surface area (Å²) in [6, 6.07) is 7.43. The minimum atomic E-state index is -1.58. The molecule has 4 nitrogen and oxygen atoms in total. The molecule has 2 atom stereocenters. The fourth-order valence-electron chi connectivity index (χ4n) is 4.05. The lowest BCUT2D eigenvalue weighted by Crippen LogP contribution is -2.50. The highest BCUT2D eigenvalue weighted by atomic mass is 16.6. The van der Waals surface area contributed by atoms with Crippen LogP contribution in [-0.4, -0.2) is 47.8 Å². The van der Waals surface area contributed by atoms with E-state index in [0.717, 1.165) is 29.6 Å². The molecule has 2 unspecified atom stereocenters. The van der Waals surface area contributed by atoms with Gasteiger partial charge in [-0.3, -0.25) is 0 Å². The number of hydrogen-bond donors (Lipinski definition) is 1. The van der Waals surface area contributed by atoms with Crippen molar-refractivity contribution in [3.05, 3.63) is 35.4 Å². The summed E-state index contributed by atoms with van der Waals surface area (Å²) in [6.45, 7) is 7.92. The van der Waals surface area contributed by atoms with E-state index in [1.54, 1.807) is 6.07 Å². The molecule has 0 amide bonds. The van der Waals surface area contributed by atoms with Gasteiger partial charge in [-0.25, -0.2) is 4.79 Å². The number of aryl methyl sites for hydroxylation is 1. The van der Waals surface area contributed by atoms with Gasteiger partial charge in [0.2, 0.25) is 0 Å². The van der Waals surface area contributed by atoms with Gasteiger partial charge in [-0.2, -0.15) is 0 Å². The summed E-state index contributed by atoms with van der Waals surface area (Å²) in [5.74, 6) is -0.523. The summed E-state index contributed by atoms with van der Waals surface area (Å²) in [5, 5.41) is 10.7. The quantitative estimate of drug-likeness (QED) is 0.688.